The minimum atomic E-state index is 0.261. The molecule has 88 valence electrons. The Morgan fingerprint density at radius 1 is 1.18 bits per heavy atom. The summed E-state index contributed by atoms with van der Waals surface area (Å²) in [5, 5.41) is 3.51. The molecule has 0 spiro atoms. The monoisotopic (exact) mass is 243 g/mol. The van der Waals surface area contributed by atoms with Crippen LogP contribution in [0, 0.1) is 0 Å². The maximum atomic E-state index is 3.51. The van der Waals surface area contributed by atoms with Crippen LogP contribution in [0.1, 0.15) is 24.3 Å². The molecule has 1 aromatic heterocycles. The van der Waals surface area contributed by atoms with Gasteiger partial charge in [0, 0.05) is 28.3 Å². The van der Waals surface area contributed by atoms with E-state index in [1.54, 1.807) is 0 Å². The molecule has 2 aromatic rings. The van der Waals surface area contributed by atoms with E-state index in [4.69, 9.17) is 0 Å². The third-order valence-electron chi connectivity index (χ3n) is 3.45. The second kappa shape index (κ2) is 3.97. The van der Waals surface area contributed by atoms with E-state index in [1.807, 2.05) is 11.3 Å². The van der Waals surface area contributed by atoms with E-state index in [2.05, 4.69) is 55.6 Å². The van der Waals surface area contributed by atoms with E-state index in [-0.39, 0.29) is 5.41 Å². The van der Waals surface area contributed by atoms with Crippen LogP contribution in [0.4, 0.5) is 0 Å². The Morgan fingerprint density at radius 3 is 2.65 bits per heavy atom. The number of hydrogen-bond donors (Lipinski definition) is 1. The molecule has 2 heterocycles. The first-order chi connectivity index (χ1) is 8.17. The van der Waals surface area contributed by atoms with Gasteiger partial charge >= 0.3 is 0 Å². The highest BCUT2D eigenvalue weighted by Crippen LogP contribution is 2.39. The highest BCUT2D eigenvalue weighted by Gasteiger charge is 2.29. The number of nitrogens with one attached hydrogen (secondary N) is 1. The van der Waals surface area contributed by atoms with Crippen molar-refractivity contribution < 1.29 is 0 Å². The van der Waals surface area contributed by atoms with Crippen molar-refractivity contribution in [2.24, 2.45) is 0 Å². The standard InChI is InChI=1S/C15H17NS/c1-15(2)10-16-9-14-12(15)8-13(17-14)11-6-4-3-5-7-11/h3-8,16H,9-10H2,1-2H3. The van der Waals surface area contributed by atoms with Crippen LogP contribution in [-0.4, -0.2) is 6.54 Å². The summed E-state index contributed by atoms with van der Waals surface area (Å²) in [6.07, 6.45) is 0. The Balaban J connectivity index is 2.08. The first kappa shape index (κ1) is 11.0. The van der Waals surface area contributed by atoms with Crippen LogP contribution < -0.4 is 5.32 Å². The molecule has 3 rings (SSSR count). The molecule has 0 bridgehead atoms. The largest absolute Gasteiger partial charge is 0.311 e. The molecule has 1 aliphatic rings. The molecule has 0 fully saturated rings. The number of rotatable bonds is 1. The molecule has 0 atom stereocenters. The minimum Gasteiger partial charge on any atom is -0.311 e. The molecule has 0 saturated heterocycles. The molecule has 0 amide bonds. The quantitative estimate of drug-likeness (QED) is 0.803. The van der Waals surface area contributed by atoms with E-state index < -0.39 is 0 Å². The summed E-state index contributed by atoms with van der Waals surface area (Å²) in [6, 6.07) is 13.1. The number of fused-ring (bicyclic) bond motifs is 1. The fourth-order valence-corrected chi connectivity index (χ4v) is 3.78. The van der Waals surface area contributed by atoms with Crippen LogP contribution in [0.5, 0.6) is 0 Å². The zero-order valence-electron chi connectivity index (χ0n) is 10.3. The number of thiophene rings is 1. The zero-order valence-corrected chi connectivity index (χ0v) is 11.1. The Morgan fingerprint density at radius 2 is 1.94 bits per heavy atom. The van der Waals surface area contributed by atoms with Crippen molar-refractivity contribution in [3.63, 3.8) is 0 Å². The molecule has 0 aliphatic carbocycles. The van der Waals surface area contributed by atoms with Crippen molar-refractivity contribution in [2.75, 3.05) is 6.54 Å². The maximum Gasteiger partial charge on any atom is 0.0349 e. The fraction of sp³-hybridized carbons (Fsp3) is 0.333. The predicted molar refractivity (Wildman–Crippen MR) is 74.5 cm³/mol. The first-order valence-electron chi connectivity index (χ1n) is 6.06. The van der Waals surface area contributed by atoms with Gasteiger partial charge in [-0.25, -0.2) is 0 Å². The van der Waals surface area contributed by atoms with Crippen molar-refractivity contribution in [1.82, 2.24) is 5.32 Å². The second-order valence-electron chi connectivity index (χ2n) is 5.30. The Labute approximate surface area is 106 Å². The topological polar surface area (TPSA) is 12.0 Å². The van der Waals surface area contributed by atoms with Gasteiger partial charge in [0.25, 0.3) is 0 Å². The lowest BCUT2D eigenvalue weighted by Crippen LogP contribution is -2.37. The van der Waals surface area contributed by atoms with Gasteiger partial charge in [0.2, 0.25) is 0 Å². The van der Waals surface area contributed by atoms with Crippen molar-refractivity contribution in [2.45, 2.75) is 25.8 Å². The van der Waals surface area contributed by atoms with Crippen LogP contribution in [-0.2, 0) is 12.0 Å². The average molecular weight is 243 g/mol. The van der Waals surface area contributed by atoms with Crippen LogP contribution >= 0.6 is 11.3 Å². The summed E-state index contributed by atoms with van der Waals surface area (Å²) in [4.78, 5) is 2.90. The number of hydrogen-bond acceptors (Lipinski definition) is 2. The summed E-state index contributed by atoms with van der Waals surface area (Å²) in [5.41, 5.74) is 3.12. The minimum absolute atomic E-state index is 0.261. The summed E-state index contributed by atoms with van der Waals surface area (Å²) in [7, 11) is 0. The van der Waals surface area contributed by atoms with Gasteiger partial charge in [-0.2, -0.15) is 0 Å². The Kier molecular flexibility index (Phi) is 2.57. The van der Waals surface area contributed by atoms with Crippen molar-refractivity contribution in [1.29, 1.82) is 0 Å². The zero-order chi connectivity index (χ0) is 11.9. The van der Waals surface area contributed by atoms with E-state index in [9.17, 15) is 0 Å². The summed E-state index contributed by atoms with van der Waals surface area (Å²) in [5.74, 6) is 0. The van der Waals surface area contributed by atoms with Gasteiger partial charge in [-0.15, -0.1) is 11.3 Å². The highest BCUT2D eigenvalue weighted by atomic mass is 32.1. The molecule has 0 radical (unpaired) electrons. The van der Waals surface area contributed by atoms with Gasteiger partial charge in [-0.05, 0) is 17.2 Å². The molecular weight excluding hydrogens is 226 g/mol. The molecule has 1 aliphatic heterocycles. The van der Waals surface area contributed by atoms with Crippen LogP contribution in [0.15, 0.2) is 36.4 Å². The first-order valence-corrected chi connectivity index (χ1v) is 6.88. The van der Waals surface area contributed by atoms with Gasteiger partial charge in [0.15, 0.2) is 0 Å². The lowest BCUT2D eigenvalue weighted by atomic mass is 9.82. The summed E-state index contributed by atoms with van der Waals surface area (Å²) >= 11 is 1.93. The molecule has 1 aromatic carbocycles. The highest BCUT2D eigenvalue weighted by molar-refractivity contribution is 7.15. The predicted octanol–water partition coefficient (Wildman–Crippen LogP) is 3.80. The normalized spacial score (nSPS) is 17.8. The Hall–Kier alpha value is -1.12. The fourth-order valence-electron chi connectivity index (χ4n) is 2.46. The lowest BCUT2D eigenvalue weighted by Gasteiger charge is -2.30. The second-order valence-corrected chi connectivity index (χ2v) is 6.44. The van der Waals surface area contributed by atoms with Gasteiger partial charge in [0.05, 0.1) is 0 Å². The SMILES string of the molecule is CC1(C)CNCc2sc(-c3ccccc3)cc21. The third kappa shape index (κ3) is 1.92. The molecule has 0 saturated carbocycles. The van der Waals surface area contributed by atoms with Gasteiger partial charge < -0.3 is 5.32 Å². The molecular formula is C15H17NS. The molecule has 1 N–H and O–H groups in total. The van der Waals surface area contributed by atoms with Gasteiger partial charge in [-0.1, -0.05) is 44.2 Å². The van der Waals surface area contributed by atoms with Crippen LogP contribution in [0.2, 0.25) is 0 Å². The summed E-state index contributed by atoms with van der Waals surface area (Å²) in [6.45, 7) is 6.74. The molecule has 2 heteroatoms. The maximum absolute atomic E-state index is 3.51. The van der Waals surface area contributed by atoms with Crippen molar-refractivity contribution >= 4 is 11.3 Å². The van der Waals surface area contributed by atoms with E-state index in [0.717, 1.165) is 13.1 Å². The van der Waals surface area contributed by atoms with Crippen LogP contribution in [0.25, 0.3) is 10.4 Å². The lowest BCUT2D eigenvalue weighted by molar-refractivity contribution is 0.440. The van der Waals surface area contributed by atoms with Crippen molar-refractivity contribution in [3.8, 4) is 10.4 Å². The summed E-state index contributed by atoms with van der Waals surface area (Å²) < 4.78 is 0. The van der Waals surface area contributed by atoms with Crippen LogP contribution in [0.3, 0.4) is 0 Å². The third-order valence-corrected chi connectivity index (χ3v) is 4.63. The van der Waals surface area contributed by atoms with E-state index in [0.29, 0.717) is 0 Å². The average Bonchev–Trinajstić information content (AvgIpc) is 2.75. The van der Waals surface area contributed by atoms with Crippen molar-refractivity contribution in [3.05, 3.63) is 46.8 Å². The molecule has 17 heavy (non-hydrogen) atoms. The van der Waals surface area contributed by atoms with E-state index >= 15 is 0 Å². The molecule has 0 unspecified atom stereocenters. The van der Waals surface area contributed by atoms with E-state index in [1.165, 1.54) is 20.9 Å². The molecule has 1 nitrogen and oxygen atoms in total. The number of benzene rings is 1. The van der Waals surface area contributed by atoms with Gasteiger partial charge in [0.1, 0.15) is 0 Å². The Bertz CT molecular complexity index is 525. The smallest absolute Gasteiger partial charge is 0.0349 e. The van der Waals surface area contributed by atoms with Gasteiger partial charge in [-0.3, -0.25) is 0 Å².